The predicted octanol–water partition coefficient (Wildman–Crippen LogP) is 1.57. The Hall–Kier alpha value is -0.660. The molecule has 24 heavy (non-hydrogen) atoms. The number of carbonyl (C=O) groups is 1. The van der Waals surface area contributed by atoms with Gasteiger partial charge in [-0.1, -0.05) is 20.3 Å². The van der Waals surface area contributed by atoms with Crippen LogP contribution in [-0.2, 0) is 14.8 Å². The first-order valence-corrected chi connectivity index (χ1v) is 11.1. The van der Waals surface area contributed by atoms with E-state index in [0.717, 1.165) is 38.8 Å². The molecule has 2 aliphatic rings. The molecule has 0 aromatic rings. The van der Waals surface area contributed by atoms with E-state index in [9.17, 15) is 13.2 Å². The number of piperidine rings is 1. The fourth-order valence-corrected chi connectivity index (χ4v) is 5.67. The van der Waals surface area contributed by atoms with E-state index in [1.165, 1.54) is 10.7 Å². The third-order valence-electron chi connectivity index (χ3n) is 5.10. The lowest BCUT2D eigenvalue weighted by atomic mass is 10.0. The average molecular weight is 360 g/mol. The summed E-state index contributed by atoms with van der Waals surface area (Å²) in [6.07, 6.45) is 6.40. The Morgan fingerprint density at radius 1 is 1.08 bits per heavy atom. The van der Waals surface area contributed by atoms with Gasteiger partial charge in [0.2, 0.25) is 15.9 Å². The minimum Gasteiger partial charge on any atom is -0.353 e. The number of hydrogen-bond acceptors (Lipinski definition) is 4. The average Bonchev–Trinajstić information content (AvgIpc) is 3.00. The number of nitrogens with zero attached hydrogens (tertiary/aromatic N) is 2. The minimum atomic E-state index is -3.32. The smallest absolute Gasteiger partial charge is 0.238 e. The lowest BCUT2D eigenvalue weighted by Crippen LogP contribution is -2.53. The van der Waals surface area contributed by atoms with E-state index in [0.29, 0.717) is 32.0 Å². The summed E-state index contributed by atoms with van der Waals surface area (Å²) < 4.78 is 26.3. The van der Waals surface area contributed by atoms with E-state index >= 15 is 0 Å². The van der Waals surface area contributed by atoms with Crippen LogP contribution in [0, 0.1) is 0 Å². The molecular weight excluding hydrogens is 326 g/mol. The maximum absolute atomic E-state index is 12.6. The molecule has 1 amide bonds. The first-order chi connectivity index (χ1) is 11.5. The molecule has 2 aliphatic heterocycles. The summed E-state index contributed by atoms with van der Waals surface area (Å²) in [5.74, 6) is 0.0154. The summed E-state index contributed by atoms with van der Waals surface area (Å²) in [6, 6.07) is -0.116. The molecule has 140 valence electrons. The van der Waals surface area contributed by atoms with Crippen molar-refractivity contribution in [2.24, 2.45) is 0 Å². The van der Waals surface area contributed by atoms with Crippen molar-refractivity contribution in [3.8, 4) is 0 Å². The fourth-order valence-electron chi connectivity index (χ4n) is 3.92. The van der Waals surface area contributed by atoms with Crippen molar-refractivity contribution in [2.45, 2.75) is 70.9 Å². The van der Waals surface area contributed by atoms with Crippen LogP contribution in [0.4, 0.5) is 0 Å². The molecule has 2 rings (SSSR count). The van der Waals surface area contributed by atoms with Gasteiger partial charge in [0.1, 0.15) is 6.04 Å². The second-order valence-corrected chi connectivity index (χ2v) is 9.06. The first kappa shape index (κ1) is 19.7. The Labute approximate surface area is 147 Å². The van der Waals surface area contributed by atoms with E-state index in [4.69, 9.17) is 0 Å². The van der Waals surface area contributed by atoms with E-state index in [1.807, 2.05) is 6.92 Å². The van der Waals surface area contributed by atoms with Gasteiger partial charge in [0.05, 0.1) is 5.75 Å². The second kappa shape index (κ2) is 9.15. The summed E-state index contributed by atoms with van der Waals surface area (Å²) in [5.41, 5.74) is 0. The van der Waals surface area contributed by atoms with Gasteiger partial charge in [-0.15, -0.1) is 0 Å². The molecule has 0 aliphatic carbocycles. The number of amides is 1. The molecule has 0 aromatic carbocycles. The van der Waals surface area contributed by atoms with Gasteiger partial charge in [-0.05, 0) is 51.6 Å². The zero-order chi connectivity index (χ0) is 17.6. The summed E-state index contributed by atoms with van der Waals surface area (Å²) in [5, 5.41) is 3.04. The van der Waals surface area contributed by atoms with Gasteiger partial charge < -0.3 is 5.32 Å². The highest BCUT2D eigenvalue weighted by molar-refractivity contribution is 7.89. The number of likely N-dealkylation sites (tertiary alicyclic amines) is 1. The maximum Gasteiger partial charge on any atom is 0.238 e. The Balaban J connectivity index is 1.94. The fraction of sp³-hybridized carbons (Fsp3) is 0.941. The molecule has 0 bridgehead atoms. The van der Waals surface area contributed by atoms with Crippen LogP contribution in [0.15, 0.2) is 0 Å². The molecule has 1 unspecified atom stereocenters. The molecule has 6 nitrogen and oxygen atoms in total. The number of rotatable bonds is 8. The quantitative estimate of drug-likeness (QED) is 0.714. The molecular formula is C17H33N3O3S. The van der Waals surface area contributed by atoms with Crippen molar-refractivity contribution < 1.29 is 13.2 Å². The lowest BCUT2D eigenvalue weighted by molar-refractivity contribution is -0.125. The van der Waals surface area contributed by atoms with Crippen LogP contribution in [0.3, 0.4) is 0 Å². The van der Waals surface area contributed by atoms with Gasteiger partial charge in [-0.2, -0.15) is 4.31 Å². The first-order valence-electron chi connectivity index (χ1n) is 9.50. The molecule has 1 N–H and O–H groups in total. The molecule has 0 aromatic heterocycles. The normalized spacial score (nSPS) is 26.6. The van der Waals surface area contributed by atoms with E-state index in [1.54, 1.807) is 0 Å². The highest BCUT2D eigenvalue weighted by atomic mass is 32.2. The van der Waals surface area contributed by atoms with Crippen LogP contribution in [0.5, 0.6) is 0 Å². The molecule has 0 spiro atoms. The van der Waals surface area contributed by atoms with Gasteiger partial charge in [0.25, 0.3) is 0 Å². The van der Waals surface area contributed by atoms with Crippen molar-refractivity contribution in [1.82, 2.24) is 14.5 Å². The number of carbonyl (C=O) groups excluding carboxylic acids is 1. The van der Waals surface area contributed by atoms with Gasteiger partial charge in [-0.3, -0.25) is 9.69 Å². The van der Waals surface area contributed by atoms with Crippen LogP contribution in [-0.4, -0.2) is 67.5 Å². The monoisotopic (exact) mass is 359 g/mol. The van der Waals surface area contributed by atoms with Gasteiger partial charge in [0.15, 0.2) is 0 Å². The second-order valence-electron chi connectivity index (χ2n) is 7.02. The van der Waals surface area contributed by atoms with Crippen LogP contribution >= 0.6 is 0 Å². The highest BCUT2D eigenvalue weighted by Gasteiger charge is 2.36. The van der Waals surface area contributed by atoms with Crippen LogP contribution < -0.4 is 5.32 Å². The molecule has 2 fully saturated rings. The molecule has 2 atom stereocenters. The molecule has 7 heteroatoms. The molecule has 2 saturated heterocycles. The predicted molar refractivity (Wildman–Crippen MR) is 96.3 cm³/mol. The highest BCUT2D eigenvalue weighted by Crippen LogP contribution is 2.22. The molecule has 2 heterocycles. The topological polar surface area (TPSA) is 69.7 Å². The van der Waals surface area contributed by atoms with Crippen LogP contribution in [0.1, 0.15) is 58.8 Å². The summed E-state index contributed by atoms with van der Waals surface area (Å²) in [4.78, 5) is 15.1. The van der Waals surface area contributed by atoms with E-state index in [2.05, 4.69) is 17.1 Å². The van der Waals surface area contributed by atoms with E-state index < -0.39 is 16.1 Å². The molecule has 0 radical (unpaired) electrons. The van der Waals surface area contributed by atoms with Crippen molar-refractivity contribution >= 4 is 15.9 Å². The Morgan fingerprint density at radius 2 is 1.88 bits per heavy atom. The Bertz CT molecular complexity index is 509. The Kier molecular flexibility index (Phi) is 7.50. The van der Waals surface area contributed by atoms with Crippen molar-refractivity contribution in [1.29, 1.82) is 0 Å². The third kappa shape index (κ3) is 4.92. The largest absolute Gasteiger partial charge is 0.353 e. The van der Waals surface area contributed by atoms with Crippen molar-refractivity contribution in [2.75, 3.05) is 31.9 Å². The number of sulfonamides is 1. The SMILES string of the molecule is CCCN1CCC[C@H]1CNC(=O)C1CCCCN1S(=O)(=O)CCC. The maximum atomic E-state index is 12.6. The lowest BCUT2D eigenvalue weighted by Gasteiger charge is -2.34. The summed E-state index contributed by atoms with van der Waals surface area (Å²) in [6.45, 7) is 7.32. The standard InChI is InChI=1S/C17H33N3O3S/c1-3-10-19-11-7-8-15(19)14-18-17(21)16-9-5-6-12-20(16)24(22,23)13-4-2/h15-16H,3-14H2,1-2H3,(H,18,21)/t15-,16?/m0/s1. The van der Waals surface area contributed by atoms with Crippen molar-refractivity contribution in [3.63, 3.8) is 0 Å². The minimum absolute atomic E-state index is 0.113. The van der Waals surface area contributed by atoms with Crippen LogP contribution in [0.2, 0.25) is 0 Å². The summed E-state index contributed by atoms with van der Waals surface area (Å²) >= 11 is 0. The molecule has 0 saturated carbocycles. The van der Waals surface area contributed by atoms with Gasteiger partial charge >= 0.3 is 0 Å². The van der Waals surface area contributed by atoms with Gasteiger partial charge in [-0.25, -0.2) is 8.42 Å². The van der Waals surface area contributed by atoms with Crippen molar-refractivity contribution in [3.05, 3.63) is 0 Å². The van der Waals surface area contributed by atoms with Crippen LogP contribution in [0.25, 0.3) is 0 Å². The summed E-state index contributed by atoms with van der Waals surface area (Å²) in [7, 11) is -3.32. The third-order valence-corrected chi connectivity index (χ3v) is 7.17. The number of nitrogens with one attached hydrogen (secondary N) is 1. The van der Waals surface area contributed by atoms with E-state index in [-0.39, 0.29) is 11.7 Å². The Morgan fingerprint density at radius 3 is 2.58 bits per heavy atom. The zero-order valence-corrected chi connectivity index (χ0v) is 16.0. The zero-order valence-electron chi connectivity index (χ0n) is 15.2. The number of hydrogen-bond donors (Lipinski definition) is 1. The van der Waals surface area contributed by atoms with Gasteiger partial charge in [0, 0.05) is 19.1 Å².